The summed E-state index contributed by atoms with van der Waals surface area (Å²) < 4.78 is 10.9. The zero-order valence-corrected chi connectivity index (χ0v) is 11.0. The molecule has 2 atom stereocenters. The maximum Gasteiger partial charge on any atom is 0.0617 e. The van der Waals surface area contributed by atoms with Crippen LogP contribution in [0.25, 0.3) is 0 Å². The van der Waals surface area contributed by atoms with Crippen LogP contribution < -0.4 is 5.32 Å². The maximum atomic E-state index is 5.89. The quantitative estimate of drug-likeness (QED) is 0.678. The van der Waals surface area contributed by atoms with E-state index in [1.807, 2.05) is 0 Å². The van der Waals surface area contributed by atoms with Crippen molar-refractivity contribution in [1.29, 1.82) is 0 Å². The molecule has 0 aromatic carbocycles. The molecule has 1 heterocycles. The van der Waals surface area contributed by atoms with E-state index in [4.69, 9.17) is 9.47 Å². The lowest BCUT2D eigenvalue weighted by molar-refractivity contribution is -0.0365. The van der Waals surface area contributed by atoms with Crippen LogP contribution in [0, 0.1) is 11.8 Å². The predicted octanol–water partition coefficient (Wildman–Crippen LogP) is 2.06. The van der Waals surface area contributed by atoms with Crippen LogP contribution in [-0.2, 0) is 9.47 Å². The zero-order chi connectivity index (χ0) is 11.8. The molecule has 0 radical (unpaired) electrons. The minimum Gasteiger partial charge on any atom is -0.383 e. The van der Waals surface area contributed by atoms with Gasteiger partial charge in [-0.2, -0.15) is 0 Å². The molecular weight excluding hydrogens is 202 g/mol. The Balaban J connectivity index is 2.23. The molecule has 1 fully saturated rings. The molecule has 1 rings (SSSR count). The summed E-state index contributed by atoms with van der Waals surface area (Å²) in [6.07, 6.45) is 4.17. The van der Waals surface area contributed by atoms with Gasteiger partial charge in [-0.25, -0.2) is 0 Å². The van der Waals surface area contributed by atoms with Gasteiger partial charge in [-0.15, -0.1) is 0 Å². The highest BCUT2D eigenvalue weighted by molar-refractivity contribution is 4.77. The lowest BCUT2D eigenvalue weighted by Crippen LogP contribution is -2.38. The van der Waals surface area contributed by atoms with Gasteiger partial charge in [0.2, 0.25) is 0 Å². The fraction of sp³-hybridized carbons (Fsp3) is 1.00. The Morgan fingerprint density at radius 3 is 2.94 bits per heavy atom. The highest BCUT2D eigenvalue weighted by Gasteiger charge is 2.25. The number of hydrogen-bond acceptors (Lipinski definition) is 3. The summed E-state index contributed by atoms with van der Waals surface area (Å²) in [6, 6.07) is 0. The van der Waals surface area contributed by atoms with E-state index in [0.717, 1.165) is 32.2 Å². The van der Waals surface area contributed by atoms with Crippen molar-refractivity contribution >= 4 is 0 Å². The second-order valence-electron chi connectivity index (χ2n) is 5.14. The Morgan fingerprint density at radius 2 is 2.25 bits per heavy atom. The number of nitrogens with one attached hydrogen (secondary N) is 1. The van der Waals surface area contributed by atoms with E-state index in [-0.39, 0.29) is 0 Å². The monoisotopic (exact) mass is 229 g/mol. The van der Waals surface area contributed by atoms with Gasteiger partial charge in [0.25, 0.3) is 0 Å². The second-order valence-corrected chi connectivity index (χ2v) is 5.14. The minimum atomic E-state index is 0.462. The smallest absolute Gasteiger partial charge is 0.0617 e. The summed E-state index contributed by atoms with van der Waals surface area (Å²) in [7, 11) is 1.74. The first-order valence-corrected chi connectivity index (χ1v) is 6.55. The molecule has 3 nitrogen and oxygen atoms in total. The molecule has 1 saturated heterocycles. The fourth-order valence-corrected chi connectivity index (χ4v) is 2.32. The highest BCUT2D eigenvalue weighted by atomic mass is 16.5. The third-order valence-corrected chi connectivity index (χ3v) is 3.17. The highest BCUT2D eigenvalue weighted by Crippen LogP contribution is 2.25. The Morgan fingerprint density at radius 1 is 1.44 bits per heavy atom. The maximum absolute atomic E-state index is 5.89. The van der Waals surface area contributed by atoms with Gasteiger partial charge in [0, 0.05) is 26.8 Å². The van der Waals surface area contributed by atoms with Crippen LogP contribution in [0.15, 0.2) is 0 Å². The van der Waals surface area contributed by atoms with Crippen LogP contribution >= 0.6 is 0 Å². The van der Waals surface area contributed by atoms with Crippen LogP contribution in [0.5, 0.6) is 0 Å². The molecule has 0 amide bonds. The molecule has 0 aromatic heterocycles. The van der Waals surface area contributed by atoms with Crippen molar-refractivity contribution in [3.8, 4) is 0 Å². The van der Waals surface area contributed by atoms with Gasteiger partial charge in [0.15, 0.2) is 0 Å². The second kappa shape index (κ2) is 8.04. The van der Waals surface area contributed by atoms with E-state index in [0.29, 0.717) is 12.0 Å². The Hall–Kier alpha value is -0.120. The molecule has 0 spiro atoms. The van der Waals surface area contributed by atoms with Crippen LogP contribution in [0.2, 0.25) is 0 Å². The lowest BCUT2D eigenvalue weighted by atomic mass is 9.89. The first kappa shape index (κ1) is 13.9. The average molecular weight is 229 g/mol. The van der Waals surface area contributed by atoms with Crippen molar-refractivity contribution in [3.63, 3.8) is 0 Å². The van der Waals surface area contributed by atoms with Gasteiger partial charge in [0.05, 0.1) is 12.7 Å². The molecule has 0 aromatic rings. The molecule has 96 valence electrons. The van der Waals surface area contributed by atoms with Crippen LogP contribution in [0.1, 0.15) is 33.1 Å². The summed E-state index contributed by atoms with van der Waals surface area (Å²) in [5.41, 5.74) is 0. The van der Waals surface area contributed by atoms with E-state index in [1.54, 1.807) is 7.11 Å². The molecule has 0 bridgehead atoms. The molecule has 3 heteroatoms. The summed E-state index contributed by atoms with van der Waals surface area (Å²) >= 11 is 0. The molecule has 1 aliphatic rings. The Labute approximate surface area is 99.9 Å². The van der Waals surface area contributed by atoms with E-state index in [2.05, 4.69) is 19.2 Å². The SMILES string of the molecule is COCCNCC1CCCOC1CC(C)C. The Bertz CT molecular complexity index is 173. The van der Waals surface area contributed by atoms with Crippen molar-refractivity contribution in [2.24, 2.45) is 11.8 Å². The molecule has 1 aliphatic heterocycles. The van der Waals surface area contributed by atoms with Gasteiger partial charge in [-0.1, -0.05) is 13.8 Å². The first-order valence-electron chi connectivity index (χ1n) is 6.55. The van der Waals surface area contributed by atoms with E-state index < -0.39 is 0 Å². The lowest BCUT2D eigenvalue weighted by Gasteiger charge is -2.33. The number of methoxy groups -OCH3 is 1. The van der Waals surface area contributed by atoms with Crippen molar-refractivity contribution in [3.05, 3.63) is 0 Å². The molecule has 2 unspecified atom stereocenters. The van der Waals surface area contributed by atoms with Crippen LogP contribution in [-0.4, -0.2) is 39.5 Å². The number of rotatable bonds is 7. The van der Waals surface area contributed by atoms with Gasteiger partial charge in [0.1, 0.15) is 0 Å². The predicted molar refractivity (Wildman–Crippen MR) is 66.7 cm³/mol. The molecule has 0 saturated carbocycles. The van der Waals surface area contributed by atoms with Crippen molar-refractivity contribution < 1.29 is 9.47 Å². The summed E-state index contributed by atoms with van der Waals surface area (Å²) in [5.74, 6) is 1.41. The zero-order valence-electron chi connectivity index (χ0n) is 11.0. The summed E-state index contributed by atoms with van der Waals surface area (Å²) in [5, 5.41) is 3.45. The third-order valence-electron chi connectivity index (χ3n) is 3.17. The standard InChI is InChI=1S/C13H27NO2/c1-11(2)9-13-12(5-4-7-16-13)10-14-6-8-15-3/h11-14H,4-10H2,1-3H3. The van der Waals surface area contributed by atoms with Crippen molar-refractivity contribution in [1.82, 2.24) is 5.32 Å². The normalized spacial score (nSPS) is 26.2. The average Bonchev–Trinajstić information content (AvgIpc) is 2.26. The van der Waals surface area contributed by atoms with Crippen LogP contribution in [0.3, 0.4) is 0 Å². The van der Waals surface area contributed by atoms with Crippen molar-refractivity contribution in [2.75, 3.05) is 33.4 Å². The topological polar surface area (TPSA) is 30.5 Å². The molecule has 16 heavy (non-hydrogen) atoms. The van der Waals surface area contributed by atoms with Gasteiger partial charge < -0.3 is 14.8 Å². The number of ether oxygens (including phenoxy) is 2. The van der Waals surface area contributed by atoms with E-state index in [9.17, 15) is 0 Å². The minimum absolute atomic E-state index is 0.462. The van der Waals surface area contributed by atoms with E-state index >= 15 is 0 Å². The Kier molecular flexibility index (Phi) is 7.01. The molecule has 0 aliphatic carbocycles. The van der Waals surface area contributed by atoms with E-state index in [1.165, 1.54) is 19.3 Å². The van der Waals surface area contributed by atoms with Gasteiger partial charge >= 0.3 is 0 Å². The summed E-state index contributed by atoms with van der Waals surface area (Å²) in [4.78, 5) is 0. The van der Waals surface area contributed by atoms with Crippen LogP contribution in [0.4, 0.5) is 0 Å². The summed E-state index contributed by atoms with van der Waals surface area (Å²) in [6.45, 7) is 8.30. The largest absolute Gasteiger partial charge is 0.383 e. The van der Waals surface area contributed by atoms with Crippen molar-refractivity contribution in [2.45, 2.75) is 39.2 Å². The van der Waals surface area contributed by atoms with Gasteiger partial charge in [-0.05, 0) is 31.1 Å². The third kappa shape index (κ3) is 5.28. The number of hydrogen-bond donors (Lipinski definition) is 1. The fourth-order valence-electron chi connectivity index (χ4n) is 2.32. The first-order chi connectivity index (χ1) is 7.74. The molecular formula is C13H27NO2. The van der Waals surface area contributed by atoms with Gasteiger partial charge in [-0.3, -0.25) is 0 Å². The molecule has 1 N–H and O–H groups in total.